The molecule has 0 radical (unpaired) electrons. The minimum absolute atomic E-state index is 0.0188. The SMILES string of the molecule is CC1=C2C(O)C(=O)[C@]3(C)C(O)CC4OC[C@@]4(O)C3C(OC(=O)c3ccccc3)C(O)(CC1OC(=O)C(O)C(NC(=O)OC1CCCCC1)C(C)C)C2(C)C. The Bertz CT molecular complexity index is 1660. The first kappa shape index (κ1) is 40.3. The topological polar surface area (TPSA) is 218 Å². The van der Waals surface area contributed by atoms with Crippen LogP contribution in [0.2, 0.25) is 0 Å². The number of esters is 2. The molecule has 298 valence electrons. The van der Waals surface area contributed by atoms with Gasteiger partial charge in [-0.1, -0.05) is 52.3 Å². The van der Waals surface area contributed by atoms with Gasteiger partial charge in [0, 0.05) is 24.2 Å². The van der Waals surface area contributed by atoms with Crippen LogP contribution in [-0.2, 0) is 28.5 Å². The average Bonchev–Trinajstić information content (AvgIpc) is 3.12. The second-order valence-electron chi connectivity index (χ2n) is 17.1. The molecule has 1 saturated heterocycles. The molecule has 11 atom stereocenters. The number of amides is 1. The highest BCUT2D eigenvalue weighted by atomic mass is 16.6. The van der Waals surface area contributed by atoms with Gasteiger partial charge in [-0.25, -0.2) is 14.4 Å². The smallest absolute Gasteiger partial charge is 0.407 e. The normalized spacial score (nSPS) is 37.4. The molecule has 4 fully saturated rings. The third-order valence-electron chi connectivity index (χ3n) is 13.3. The zero-order valence-corrected chi connectivity index (χ0v) is 31.8. The van der Waals surface area contributed by atoms with Gasteiger partial charge in [0.1, 0.15) is 35.6 Å². The van der Waals surface area contributed by atoms with Gasteiger partial charge in [-0.05, 0) is 68.7 Å². The van der Waals surface area contributed by atoms with Crippen LogP contribution in [0.3, 0.4) is 0 Å². The molecule has 14 heteroatoms. The second-order valence-corrected chi connectivity index (χ2v) is 17.1. The third-order valence-corrected chi connectivity index (χ3v) is 13.3. The van der Waals surface area contributed by atoms with E-state index in [0.717, 1.165) is 32.1 Å². The molecule has 5 aliphatic rings. The van der Waals surface area contributed by atoms with Crippen molar-refractivity contribution in [1.82, 2.24) is 5.32 Å². The summed E-state index contributed by atoms with van der Waals surface area (Å²) >= 11 is 0. The van der Waals surface area contributed by atoms with Crippen LogP contribution in [0.15, 0.2) is 41.5 Å². The van der Waals surface area contributed by atoms with Crippen LogP contribution >= 0.6 is 0 Å². The number of benzene rings is 1. The lowest BCUT2D eigenvalue weighted by molar-refractivity contribution is -0.343. The lowest BCUT2D eigenvalue weighted by Gasteiger charge is -2.66. The number of aliphatic hydroxyl groups is 5. The monoisotopic (exact) mass is 757 g/mol. The minimum atomic E-state index is -2.28. The molecule has 0 spiro atoms. The maximum atomic E-state index is 14.7. The van der Waals surface area contributed by atoms with Crippen molar-refractivity contribution in [3.63, 3.8) is 0 Å². The molecule has 1 aliphatic heterocycles. The van der Waals surface area contributed by atoms with E-state index in [4.69, 9.17) is 18.9 Å². The molecule has 1 heterocycles. The molecule has 0 aromatic heterocycles. The average molecular weight is 758 g/mol. The number of alkyl carbamates (subject to hydrolysis) is 1. The van der Waals surface area contributed by atoms with Crippen molar-refractivity contribution in [1.29, 1.82) is 0 Å². The largest absolute Gasteiger partial charge is 0.456 e. The predicted molar refractivity (Wildman–Crippen MR) is 191 cm³/mol. The summed E-state index contributed by atoms with van der Waals surface area (Å²) in [4.78, 5) is 55.2. The number of ketones is 1. The van der Waals surface area contributed by atoms with Gasteiger partial charge in [0.15, 0.2) is 11.9 Å². The fourth-order valence-electron chi connectivity index (χ4n) is 9.85. The molecular formula is C40H55NO13. The molecule has 4 aliphatic carbocycles. The van der Waals surface area contributed by atoms with Crippen molar-refractivity contribution in [2.24, 2.45) is 22.7 Å². The van der Waals surface area contributed by atoms with Gasteiger partial charge in [-0.2, -0.15) is 0 Å². The molecule has 6 rings (SSSR count). The Morgan fingerprint density at radius 2 is 1.61 bits per heavy atom. The third kappa shape index (κ3) is 6.46. The van der Waals surface area contributed by atoms with E-state index in [9.17, 15) is 44.7 Å². The molecule has 14 nitrogen and oxygen atoms in total. The molecule has 1 amide bonds. The first-order chi connectivity index (χ1) is 25.3. The van der Waals surface area contributed by atoms with Crippen LogP contribution in [0.25, 0.3) is 0 Å². The van der Waals surface area contributed by atoms with Crippen molar-refractivity contribution < 1.29 is 63.7 Å². The first-order valence-electron chi connectivity index (χ1n) is 19.1. The van der Waals surface area contributed by atoms with Crippen LogP contribution in [0, 0.1) is 22.7 Å². The highest BCUT2D eigenvalue weighted by Crippen LogP contribution is 2.63. The lowest BCUT2D eigenvalue weighted by Crippen LogP contribution is -2.81. The Hall–Kier alpha value is -3.40. The fourth-order valence-corrected chi connectivity index (χ4v) is 9.85. The Labute approximate surface area is 315 Å². The van der Waals surface area contributed by atoms with E-state index in [1.165, 1.54) is 26.0 Å². The van der Waals surface area contributed by atoms with Crippen molar-refractivity contribution in [3.8, 4) is 0 Å². The molecule has 1 aromatic rings. The molecule has 2 bridgehead atoms. The summed E-state index contributed by atoms with van der Waals surface area (Å²) in [7, 11) is 0. The number of hydrogen-bond acceptors (Lipinski definition) is 13. The lowest BCUT2D eigenvalue weighted by atomic mass is 9.44. The van der Waals surface area contributed by atoms with Crippen LogP contribution in [0.4, 0.5) is 4.79 Å². The van der Waals surface area contributed by atoms with E-state index < -0.39 is 107 Å². The van der Waals surface area contributed by atoms with Crippen molar-refractivity contribution >= 4 is 23.8 Å². The van der Waals surface area contributed by atoms with E-state index in [2.05, 4.69) is 5.32 Å². The molecule has 54 heavy (non-hydrogen) atoms. The van der Waals surface area contributed by atoms with Gasteiger partial charge in [0.05, 0.1) is 35.8 Å². The number of fused-ring (bicyclic) bond motifs is 5. The summed E-state index contributed by atoms with van der Waals surface area (Å²) in [5, 5.41) is 63.0. The van der Waals surface area contributed by atoms with Gasteiger partial charge in [0.2, 0.25) is 0 Å². The van der Waals surface area contributed by atoms with Crippen LogP contribution in [-0.4, -0.2) is 116 Å². The summed E-state index contributed by atoms with van der Waals surface area (Å²) in [5.74, 6) is -4.88. The van der Waals surface area contributed by atoms with E-state index in [1.54, 1.807) is 45.9 Å². The quantitative estimate of drug-likeness (QED) is 0.128. The number of ether oxygens (including phenoxy) is 4. The van der Waals surface area contributed by atoms with Crippen molar-refractivity contribution in [2.75, 3.05) is 6.61 Å². The van der Waals surface area contributed by atoms with Crippen LogP contribution in [0.5, 0.6) is 0 Å². The van der Waals surface area contributed by atoms with Gasteiger partial charge >= 0.3 is 18.0 Å². The molecule has 1 aromatic carbocycles. The van der Waals surface area contributed by atoms with E-state index in [-0.39, 0.29) is 35.8 Å². The summed E-state index contributed by atoms with van der Waals surface area (Å²) in [5.41, 5.74) is -7.37. The Kier molecular flexibility index (Phi) is 10.9. The van der Waals surface area contributed by atoms with Gasteiger partial charge in [0.25, 0.3) is 0 Å². The van der Waals surface area contributed by atoms with Crippen molar-refractivity contribution in [3.05, 3.63) is 47.0 Å². The number of carbonyl (C=O) groups excluding carboxylic acids is 4. The molecule has 6 N–H and O–H groups in total. The van der Waals surface area contributed by atoms with E-state index >= 15 is 0 Å². The Morgan fingerprint density at radius 3 is 2.20 bits per heavy atom. The summed E-state index contributed by atoms with van der Waals surface area (Å²) < 4.78 is 23.3. The maximum Gasteiger partial charge on any atom is 0.407 e. The zero-order chi connectivity index (χ0) is 39.5. The number of hydrogen-bond donors (Lipinski definition) is 6. The van der Waals surface area contributed by atoms with Gasteiger partial charge < -0.3 is 49.8 Å². The van der Waals surface area contributed by atoms with E-state index in [0.29, 0.717) is 0 Å². The maximum absolute atomic E-state index is 14.7. The molecule has 9 unspecified atom stereocenters. The fraction of sp³-hybridized carbons (Fsp3) is 0.700. The van der Waals surface area contributed by atoms with Gasteiger partial charge in [-0.3, -0.25) is 4.79 Å². The number of nitrogens with one attached hydrogen (secondary N) is 1. The molecular weight excluding hydrogens is 702 g/mol. The van der Waals surface area contributed by atoms with Crippen molar-refractivity contribution in [2.45, 2.75) is 146 Å². The summed E-state index contributed by atoms with van der Waals surface area (Å²) in [6.07, 6.45) is -6.72. The zero-order valence-electron chi connectivity index (χ0n) is 31.8. The predicted octanol–water partition coefficient (Wildman–Crippen LogP) is 2.51. The number of aliphatic hydroxyl groups excluding tert-OH is 3. The number of Topliss-reactive ketones (excluding diaryl/α,β-unsaturated/α-hetero) is 1. The Morgan fingerprint density at radius 1 is 0.963 bits per heavy atom. The minimum Gasteiger partial charge on any atom is -0.456 e. The first-order valence-corrected chi connectivity index (χ1v) is 19.1. The summed E-state index contributed by atoms with van der Waals surface area (Å²) in [6, 6.07) is 6.80. The highest BCUT2D eigenvalue weighted by Gasteiger charge is 2.76. The number of carbonyl (C=O) groups is 4. The summed E-state index contributed by atoms with van der Waals surface area (Å²) in [6.45, 7) is 9.15. The highest BCUT2D eigenvalue weighted by molar-refractivity contribution is 5.94. The molecule has 3 saturated carbocycles. The Balaban J connectivity index is 1.39. The van der Waals surface area contributed by atoms with Gasteiger partial charge in [-0.15, -0.1) is 0 Å². The van der Waals surface area contributed by atoms with Crippen LogP contribution < -0.4 is 5.32 Å². The number of rotatable bonds is 8. The van der Waals surface area contributed by atoms with E-state index in [1.807, 2.05) is 0 Å². The standard InChI is InChI=1S/C40H55NO13/c1-20(2)28(41-36(48)52-23-15-11-8-12-16-23)30(44)35(47)53-24-18-40(50)33(54-34(46)22-13-9-7-10-14-22)31-38(6,25(42)17-26-39(31,49)19-51-26)32(45)29(43)27(21(24)3)37(40,4)5/h7,9-10,13-14,20,23-26,28-31,33,42-44,49-50H,8,11-12,15-19H2,1-6H3,(H,41,48)/t24?,25?,26?,28?,29?,30?,31?,33?,38-,39+,40?/m1/s1. The second kappa shape index (κ2) is 14.6. The van der Waals surface area contributed by atoms with Crippen LogP contribution in [0.1, 0.15) is 96.8 Å².